The SMILES string of the molecule is O=C(Nc1nc(-c2ccc(I)cc2)cs1)C12CC3CC(CC(C3)C1)C2. The van der Waals surface area contributed by atoms with Crippen LogP contribution >= 0.6 is 33.9 Å². The van der Waals surface area contributed by atoms with Gasteiger partial charge in [-0.3, -0.25) is 4.79 Å². The summed E-state index contributed by atoms with van der Waals surface area (Å²) in [6.07, 6.45) is 7.38. The molecule has 0 spiro atoms. The molecule has 3 nitrogen and oxygen atoms in total. The monoisotopic (exact) mass is 464 g/mol. The van der Waals surface area contributed by atoms with Crippen LogP contribution in [0.5, 0.6) is 0 Å². The molecule has 4 saturated carbocycles. The lowest BCUT2D eigenvalue weighted by Crippen LogP contribution is -2.51. The molecular formula is C20H21IN2OS. The van der Waals surface area contributed by atoms with Crippen LogP contribution in [0.15, 0.2) is 29.6 Å². The highest BCUT2D eigenvalue weighted by molar-refractivity contribution is 14.1. The third-order valence-electron chi connectivity index (χ3n) is 6.38. The average Bonchev–Trinajstić information content (AvgIpc) is 3.03. The Morgan fingerprint density at radius 2 is 1.68 bits per heavy atom. The summed E-state index contributed by atoms with van der Waals surface area (Å²) in [4.78, 5) is 17.8. The van der Waals surface area contributed by atoms with Crippen molar-refractivity contribution >= 4 is 45.0 Å². The summed E-state index contributed by atoms with van der Waals surface area (Å²) in [6.45, 7) is 0. The van der Waals surface area contributed by atoms with Crippen LogP contribution < -0.4 is 5.32 Å². The largest absolute Gasteiger partial charge is 0.301 e. The first-order valence-electron chi connectivity index (χ1n) is 9.13. The molecular weight excluding hydrogens is 443 g/mol. The van der Waals surface area contributed by atoms with Crippen LogP contribution in [0.2, 0.25) is 0 Å². The third kappa shape index (κ3) is 2.93. The van der Waals surface area contributed by atoms with E-state index in [9.17, 15) is 4.79 Å². The lowest BCUT2D eigenvalue weighted by atomic mass is 9.49. The Morgan fingerprint density at radius 1 is 1.08 bits per heavy atom. The molecule has 130 valence electrons. The van der Waals surface area contributed by atoms with Gasteiger partial charge in [-0.25, -0.2) is 4.98 Å². The Hall–Kier alpha value is -0.950. The van der Waals surface area contributed by atoms with E-state index in [-0.39, 0.29) is 11.3 Å². The van der Waals surface area contributed by atoms with Gasteiger partial charge in [-0.15, -0.1) is 11.3 Å². The fraction of sp³-hybridized carbons (Fsp3) is 0.500. The van der Waals surface area contributed by atoms with E-state index in [1.807, 2.05) is 5.38 Å². The Kier molecular flexibility index (Phi) is 3.93. The molecule has 1 aromatic carbocycles. The number of carbonyl (C=O) groups excluding carboxylic acids is 1. The Morgan fingerprint density at radius 3 is 2.28 bits per heavy atom. The Bertz CT molecular complexity index is 778. The van der Waals surface area contributed by atoms with Crippen molar-refractivity contribution < 1.29 is 4.79 Å². The molecule has 0 radical (unpaired) electrons. The van der Waals surface area contributed by atoms with E-state index in [1.54, 1.807) is 0 Å². The fourth-order valence-electron chi connectivity index (χ4n) is 5.70. The van der Waals surface area contributed by atoms with Gasteiger partial charge in [0.05, 0.1) is 11.1 Å². The summed E-state index contributed by atoms with van der Waals surface area (Å²) < 4.78 is 1.21. The number of carbonyl (C=O) groups is 1. The molecule has 1 heterocycles. The summed E-state index contributed by atoms with van der Waals surface area (Å²) in [5.74, 6) is 2.59. The van der Waals surface area contributed by atoms with Crippen molar-refractivity contribution in [2.75, 3.05) is 5.32 Å². The highest BCUT2D eigenvalue weighted by atomic mass is 127. The number of hydrogen-bond donors (Lipinski definition) is 1. The van der Waals surface area contributed by atoms with E-state index in [2.05, 4.69) is 57.2 Å². The summed E-state index contributed by atoms with van der Waals surface area (Å²) >= 11 is 3.84. The molecule has 25 heavy (non-hydrogen) atoms. The number of thiazole rings is 1. The van der Waals surface area contributed by atoms with Gasteiger partial charge < -0.3 is 5.32 Å². The van der Waals surface area contributed by atoms with Crippen LogP contribution in [0.3, 0.4) is 0 Å². The molecule has 2 aromatic rings. The smallest absolute Gasteiger partial charge is 0.232 e. The number of amides is 1. The topological polar surface area (TPSA) is 42.0 Å². The molecule has 0 atom stereocenters. The summed E-state index contributed by atoms with van der Waals surface area (Å²) in [6, 6.07) is 8.34. The highest BCUT2D eigenvalue weighted by Crippen LogP contribution is 2.60. The van der Waals surface area contributed by atoms with Gasteiger partial charge in [-0.05, 0) is 91.0 Å². The van der Waals surface area contributed by atoms with Crippen molar-refractivity contribution in [1.82, 2.24) is 4.98 Å². The van der Waals surface area contributed by atoms with Gasteiger partial charge in [0.2, 0.25) is 5.91 Å². The van der Waals surface area contributed by atoms with Crippen molar-refractivity contribution in [2.24, 2.45) is 23.2 Å². The van der Waals surface area contributed by atoms with Crippen molar-refractivity contribution in [1.29, 1.82) is 0 Å². The van der Waals surface area contributed by atoms with Gasteiger partial charge >= 0.3 is 0 Å². The first-order chi connectivity index (χ1) is 12.1. The minimum atomic E-state index is -0.108. The second kappa shape index (κ2) is 6.05. The second-order valence-electron chi connectivity index (χ2n) is 8.20. The van der Waals surface area contributed by atoms with Gasteiger partial charge in [0.25, 0.3) is 0 Å². The predicted molar refractivity (Wildman–Crippen MR) is 110 cm³/mol. The van der Waals surface area contributed by atoms with Gasteiger partial charge in [-0.1, -0.05) is 12.1 Å². The van der Waals surface area contributed by atoms with E-state index in [4.69, 9.17) is 0 Å². The number of nitrogens with one attached hydrogen (secondary N) is 1. The van der Waals surface area contributed by atoms with Gasteiger partial charge in [-0.2, -0.15) is 0 Å². The van der Waals surface area contributed by atoms with E-state index in [1.165, 1.54) is 34.2 Å². The van der Waals surface area contributed by atoms with E-state index >= 15 is 0 Å². The lowest BCUT2D eigenvalue weighted by Gasteiger charge is -2.55. The minimum Gasteiger partial charge on any atom is -0.301 e. The molecule has 1 N–H and O–H groups in total. The zero-order chi connectivity index (χ0) is 17.0. The zero-order valence-electron chi connectivity index (χ0n) is 14.0. The lowest BCUT2D eigenvalue weighted by molar-refractivity contribution is -0.140. The van der Waals surface area contributed by atoms with Crippen LogP contribution in [-0.4, -0.2) is 10.9 Å². The molecule has 0 aliphatic heterocycles. The quantitative estimate of drug-likeness (QED) is 0.604. The zero-order valence-corrected chi connectivity index (χ0v) is 17.0. The highest BCUT2D eigenvalue weighted by Gasteiger charge is 2.54. The summed E-state index contributed by atoms with van der Waals surface area (Å²) in [5, 5.41) is 5.95. The second-order valence-corrected chi connectivity index (χ2v) is 10.3. The normalized spacial score (nSPS) is 32.8. The van der Waals surface area contributed by atoms with E-state index in [0.717, 1.165) is 53.4 Å². The van der Waals surface area contributed by atoms with Crippen molar-refractivity contribution in [3.63, 3.8) is 0 Å². The molecule has 4 aliphatic carbocycles. The minimum absolute atomic E-state index is 0.108. The Labute approximate surface area is 165 Å². The first kappa shape index (κ1) is 16.2. The fourth-order valence-corrected chi connectivity index (χ4v) is 6.78. The van der Waals surface area contributed by atoms with Crippen LogP contribution in [0.4, 0.5) is 5.13 Å². The maximum atomic E-state index is 13.1. The number of hydrogen-bond acceptors (Lipinski definition) is 3. The summed E-state index contributed by atoms with van der Waals surface area (Å²) in [7, 11) is 0. The molecule has 0 saturated heterocycles. The molecule has 4 aliphatic rings. The molecule has 4 fully saturated rings. The number of aromatic nitrogens is 1. The van der Waals surface area contributed by atoms with Crippen LogP contribution in [0.1, 0.15) is 38.5 Å². The maximum absolute atomic E-state index is 13.1. The van der Waals surface area contributed by atoms with Gasteiger partial charge in [0.15, 0.2) is 5.13 Å². The number of nitrogens with zero attached hydrogens (tertiary/aromatic N) is 1. The number of rotatable bonds is 3. The Balaban J connectivity index is 1.34. The average molecular weight is 464 g/mol. The van der Waals surface area contributed by atoms with Crippen LogP contribution in [-0.2, 0) is 4.79 Å². The molecule has 1 aromatic heterocycles. The molecule has 0 unspecified atom stereocenters. The van der Waals surface area contributed by atoms with Crippen LogP contribution in [0.25, 0.3) is 11.3 Å². The van der Waals surface area contributed by atoms with Gasteiger partial charge in [0.1, 0.15) is 0 Å². The van der Waals surface area contributed by atoms with E-state index < -0.39 is 0 Å². The third-order valence-corrected chi connectivity index (χ3v) is 7.86. The molecule has 1 amide bonds. The van der Waals surface area contributed by atoms with Crippen molar-refractivity contribution in [3.8, 4) is 11.3 Å². The standard InChI is InChI=1S/C20H21IN2OS/c21-16-3-1-15(2-4-16)17-11-25-19(22-17)23-18(24)20-8-12-5-13(9-20)7-14(6-12)10-20/h1-4,11-14H,5-10H2,(H,22,23,24). The summed E-state index contributed by atoms with van der Waals surface area (Å²) in [5.41, 5.74) is 1.94. The van der Waals surface area contributed by atoms with Crippen LogP contribution in [0, 0.1) is 26.7 Å². The number of halogens is 1. The predicted octanol–water partition coefficient (Wildman–Crippen LogP) is 5.57. The molecule has 6 rings (SSSR count). The molecule has 5 heteroatoms. The van der Waals surface area contributed by atoms with Gasteiger partial charge in [0, 0.05) is 14.5 Å². The first-order valence-corrected chi connectivity index (χ1v) is 11.1. The number of benzene rings is 1. The molecule has 4 bridgehead atoms. The maximum Gasteiger partial charge on any atom is 0.232 e. The number of anilines is 1. The van der Waals surface area contributed by atoms with E-state index in [0.29, 0.717) is 0 Å². The van der Waals surface area contributed by atoms with Crippen molar-refractivity contribution in [2.45, 2.75) is 38.5 Å². The van der Waals surface area contributed by atoms with Crippen molar-refractivity contribution in [3.05, 3.63) is 33.2 Å².